The van der Waals surface area contributed by atoms with E-state index in [2.05, 4.69) is 16.0 Å². The lowest BCUT2D eigenvalue weighted by atomic mass is 10.0. The second-order valence-corrected chi connectivity index (χ2v) is 9.07. The van der Waals surface area contributed by atoms with Crippen molar-refractivity contribution in [2.24, 2.45) is 0 Å². The Morgan fingerprint density at radius 3 is 2.85 bits per heavy atom. The SMILES string of the molecule is CS(=O)(=O)c1ccc(CN2CCc3nc4ccncc4cc3C2)c(Cl)c1. The minimum Gasteiger partial charge on any atom is -0.294 e. The summed E-state index contributed by atoms with van der Waals surface area (Å²) in [5.74, 6) is 0. The van der Waals surface area contributed by atoms with Gasteiger partial charge in [0.1, 0.15) is 0 Å². The Morgan fingerprint density at radius 1 is 1.23 bits per heavy atom. The number of benzene rings is 1. The number of aromatic nitrogens is 2. The van der Waals surface area contributed by atoms with Crippen molar-refractivity contribution in [2.45, 2.75) is 24.4 Å². The van der Waals surface area contributed by atoms with E-state index in [0.29, 0.717) is 11.6 Å². The minimum absolute atomic E-state index is 0.249. The van der Waals surface area contributed by atoms with Gasteiger partial charge in [-0.25, -0.2) is 8.42 Å². The molecule has 7 heteroatoms. The maximum absolute atomic E-state index is 11.6. The summed E-state index contributed by atoms with van der Waals surface area (Å²) < 4.78 is 23.3. The molecule has 4 rings (SSSR count). The van der Waals surface area contributed by atoms with Crippen LogP contribution in [0.25, 0.3) is 10.9 Å². The van der Waals surface area contributed by atoms with Crippen LogP contribution in [0.2, 0.25) is 5.02 Å². The first-order valence-corrected chi connectivity index (χ1v) is 10.6. The van der Waals surface area contributed by atoms with Gasteiger partial charge in [-0.2, -0.15) is 0 Å². The van der Waals surface area contributed by atoms with Crippen LogP contribution in [0, 0.1) is 0 Å². The van der Waals surface area contributed by atoms with Crippen molar-refractivity contribution in [3.05, 3.63) is 64.6 Å². The standard InChI is InChI=1S/C19H18ClN3O2S/c1-26(24,25)16-3-2-13(17(20)9-16)11-23-7-5-19-15(12-23)8-14-10-21-6-4-18(14)22-19/h2-4,6,8-10H,5,7,11-12H2,1H3. The number of nitrogens with zero attached hydrogens (tertiary/aromatic N) is 3. The fourth-order valence-electron chi connectivity index (χ4n) is 3.30. The molecule has 0 fully saturated rings. The fraction of sp³-hybridized carbons (Fsp3) is 0.263. The molecule has 0 radical (unpaired) electrons. The topological polar surface area (TPSA) is 63.2 Å². The highest BCUT2D eigenvalue weighted by molar-refractivity contribution is 7.90. The summed E-state index contributed by atoms with van der Waals surface area (Å²) in [4.78, 5) is 11.5. The zero-order valence-corrected chi connectivity index (χ0v) is 15.9. The molecule has 3 aromatic rings. The molecule has 1 aliphatic heterocycles. The van der Waals surface area contributed by atoms with Crippen LogP contribution in [-0.4, -0.2) is 36.1 Å². The fourth-order valence-corrected chi connectivity index (χ4v) is 4.25. The Labute approximate surface area is 157 Å². The Balaban J connectivity index is 1.57. The smallest absolute Gasteiger partial charge is 0.175 e. The van der Waals surface area contributed by atoms with Crippen LogP contribution >= 0.6 is 11.6 Å². The zero-order valence-electron chi connectivity index (χ0n) is 14.3. The number of fused-ring (bicyclic) bond motifs is 2. The van der Waals surface area contributed by atoms with Gasteiger partial charge in [0.2, 0.25) is 0 Å². The average Bonchev–Trinajstić information content (AvgIpc) is 2.60. The van der Waals surface area contributed by atoms with Gasteiger partial charge in [-0.15, -0.1) is 0 Å². The number of pyridine rings is 2. The van der Waals surface area contributed by atoms with Gasteiger partial charge in [0.25, 0.3) is 0 Å². The molecule has 0 aliphatic carbocycles. The largest absolute Gasteiger partial charge is 0.294 e. The molecule has 0 atom stereocenters. The number of hydrogen-bond acceptors (Lipinski definition) is 5. The molecule has 1 aliphatic rings. The van der Waals surface area contributed by atoms with Crippen molar-refractivity contribution in [1.82, 2.24) is 14.9 Å². The van der Waals surface area contributed by atoms with E-state index in [1.54, 1.807) is 18.3 Å². The van der Waals surface area contributed by atoms with E-state index in [1.807, 2.05) is 12.3 Å². The summed E-state index contributed by atoms with van der Waals surface area (Å²) in [7, 11) is -3.25. The van der Waals surface area contributed by atoms with E-state index in [1.165, 1.54) is 17.9 Å². The van der Waals surface area contributed by atoms with Gasteiger partial charge < -0.3 is 0 Å². The molecule has 3 heterocycles. The maximum Gasteiger partial charge on any atom is 0.175 e. The van der Waals surface area contributed by atoms with Gasteiger partial charge in [-0.1, -0.05) is 17.7 Å². The van der Waals surface area contributed by atoms with Gasteiger partial charge >= 0.3 is 0 Å². The number of rotatable bonds is 3. The van der Waals surface area contributed by atoms with Gasteiger partial charge in [0.15, 0.2) is 9.84 Å². The van der Waals surface area contributed by atoms with Crippen LogP contribution in [-0.2, 0) is 29.3 Å². The van der Waals surface area contributed by atoms with Crippen molar-refractivity contribution in [3.8, 4) is 0 Å². The van der Waals surface area contributed by atoms with Crippen LogP contribution in [0.1, 0.15) is 16.8 Å². The van der Waals surface area contributed by atoms with Crippen LogP contribution in [0.4, 0.5) is 0 Å². The van der Waals surface area contributed by atoms with Crippen LogP contribution in [0.3, 0.4) is 0 Å². The quantitative estimate of drug-likeness (QED) is 0.690. The Hall–Kier alpha value is -2.02. The third-order valence-electron chi connectivity index (χ3n) is 4.69. The Morgan fingerprint density at radius 2 is 2.08 bits per heavy atom. The molecule has 26 heavy (non-hydrogen) atoms. The first kappa shape index (κ1) is 17.4. The number of hydrogen-bond donors (Lipinski definition) is 0. The van der Waals surface area contributed by atoms with E-state index in [-0.39, 0.29) is 4.90 Å². The summed E-state index contributed by atoms with van der Waals surface area (Å²) in [6.07, 6.45) is 5.67. The van der Waals surface area contributed by atoms with Crippen molar-refractivity contribution < 1.29 is 8.42 Å². The van der Waals surface area contributed by atoms with Gasteiger partial charge in [0.05, 0.1) is 10.4 Å². The number of sulfone groups is 1. The van der Waals surface area contributed by atoms with E-state index in [9.17, 15) is 8.42 Å². The average molecular weight is 388 g/mol. The zero-order chi connectivity index (χ0) is 18.3. The van der Waals surface area contributed by atoms with Crippen molar-refractivity contribution in [3.63, 3.8) is 0 Å². The predicted molar refractivity (Wildman–Crippen MR) is 102 cm³/mol. The molecule has 0 amide bonds. The second-order valence-electron chi connectivity index (χ2n) is 6.65. The van der Waals surface area contributed by atoms with Crippen LogP contribution in [0.15, 0.2) is 47.6 Å². The lowest BCUT2D eigenvalue weighted by molar-refractivity contribution is 0.244. The first-order chi connectivity index (χ1) is 12.4. The Kier molecular flexibility index (Phi) is 4.42. The van der Waals surface area contributed by atoms with Crippen molar-refractivity contribution in [1.29, 1.82) is 0 Å². The Bertz CT molecular complexity index is 1100. The molecule has 0 saturated heterocycles. The maximum atomic E-state index is 11.6. The molecule has 134 valence electrons. The third kappa shape index (κ3) is 3.45. The van der Waals surface area contributed by atoms with E-state index >= 15 is 0 Å². The molecule has 5 nitrogen and oxygen atoms in total. The van der Waals surface area contributed by atoms with E-state index in [0.717, 1.165) is 41.7 Å². The molecule has 2 aromatic heterocycles. The lowest BCUT2D eigenvalue weighted by Gasteiger charge is -2.28. The van der Waals surface area contributed by atoms with E-state index < -0.39 is 9.84 Å². The third-order valence-corrected chi connectivity index (χ3v) is 6.15. The molecular weight excluding hydrogens is 370 g/mol. The summed E-state index contributed by atoms with van der Waals surface area (Å²) >= 11 is 6.32. The lowest BCUT2D eigenvalue weighted by Crippen LogP contribution is -2.30. The monoisotopic (exact) mass is 387 g/mol. The summed E-state index contributed by atoms with van der Waals surface area (Å²) in [6, 6.07) is 9.05. The van der Waals surface area contributed by atoms with Crippen LogP contribution in [0.5, 0.6) is 0 Å². The number of halogens is 1. The molecule has 0 N–H and O–H groups in total. The normalized spacial score (nSPS) is 15.2. The van der Waals surface area contributed by atoms with Crippen molar-refractivity contribution in [2.75, 3.05) is 12.8 Å². The summed E-state index contributed by atoms with van der Waals surface area (Å²) in [5.41, 5.74) is 4.25. The first-order valence-electron chi connectivity index (χ1n) is 8.33. The second kappa shape index (κ2) is 6.61. The minimum atomic E-state index is -3.25. The van der Waals surface area contributed by atoms with Crippen LogP contribution < -0.4 is 0 Å². The highest BCUT2D eigenvalue weighted by atomic mass is 35.5. The molecule has 1 aromatic carbocycles. The van der Waals surface area contributed by atoms with Gasteiger partial charge in [-0.05, 0) is 35.4 Å². The molecule has 0 bridgehead atoms. The summed E-state index contributed by atoms with van der Waals surface area (Å²) in [5, 5.41) is 1.53. The van der Waals surface area contributed by atoms with Gasteiger partial charge in [0, 0.05) is 60.8 Å². The molecular formula is C19H18ClN3O2S. The molecule has 0 unspecified atom stereocenters. The highest BCUT2D eigenvalue weighted by Crippen LogP contribution is 2.26. The summed E-state index contributed by atoms with van der Waals surface area (Å²) in [6.45, 7) is 2.35. The molecule has 0 saturated carbocycles. The van der Waals surface area contributed by atoms with Crippen molar-refractivity contribution >= 4 is 32.3 Å². The molecule has 0 spiro atoms. The van der Waals surface area contributed by atoms with E-state index in [4.69, 9.17) is 16.6 Å². The predicted octanol–water partition coefficient (Wildman–Crippen LogP) is 3.25. The highest BCUT2D eigenvalue weighted by Gasteiger charge is 2.19. The van der Waals surface area contributed by atoms with Gasteiger partial charge in [-0.3, -0.25) is 14.9 Å².